The van der Waals surface area contributed by atoms with E-state index in [0.29, 0.717) is 12.2 Å². The summed E-state index contributed by atoms with van der Waals surface area (Å²) in [6, 6.07) is 0. The van der Waals surface area contributed by atoms with Gasteiger partial charge >= 0.3 is 40.0 Å². The topological polar surface area (TPSA) is 63.6 Å². The molecule has 0 amide bonds. The fraction of sp³-hybridized carbons (Fsp3) is 1.00. The Balaban J connectivity index is -0.000000320. The summed E-state index contributed by atoms with van der Waals surface area (Å²) in [6.07, 6.45) is 0.503. The van der Waals surface area contributed by atoms with Crippen molar-refractivity contribution in [1.29, 1.82) is 0 Å². The summed E-state index contributed by atoms with van der Waals surface area (Å²) < 4.78 is 31.5. The quantitative estimate of drug-likeness (QED) is 0.221. The molecule has 58 valence electrons. The summed E-state index contributed by atoms with van der Waals surface area (Å²) >= 11 is 3.79. The minimum absolute atomic E-state index is 0. The van der Waals surface area contributed by atoms with Crippen LogP contribution in [-0.2, 0) is 14.6 Å². The van der Waals surface area contributed by atoms with Gasteiger partial charge in [0.25, 0.3) is 0 Å². The zero-order chi connectivity index (χ0) is 7.33. The summed E-state index contributed by atoms with van der Waals surface area (Å²) in [5, 5.41) is 0. The minimum atomic E-state index is -4.23. The zero-order valence-electron chi connectivity index (χ0n) is 6.65. The number of hydrogen-bond donors (Lipinski definition) is 2. The van der Waals surface area contributed by atoms with Gasteiger partial charge < -0.3 is 1.43 Å². The normalized spacial score (nSPS) is 10.6. The van der Waals surface area contributed by atoms with Crippen LogP contribution in [0.25, 0.3) is 0 Å². The third kappa shape index (κ3) is 12.0. The van der Waals surface area contributed by atoms with Crippen LogP contribution < -0.4 is 29.6 Å². The molecule has 0 saturated heterocycles. The van der Waals surface area contributed by atoms with Crippen molar-refractivity contribution < 1.29 is 48.1 Å². The first-order chi connectivity index (χ1) is 4.06. The summed E-state index contributed by atoms with van der Waals surface area (Å²) in [7, 11) is -4.23. The van der Waals surface area contributed by atoms with E-state index < -0.39 is 10.4 Å². The second-order valence-corrected chi connectivity index (χ2v) is 2.87. The second kappa shape index (κ2) is 6.90. The monoisotopic (exact) mass is 196 g/mol. The average molecular weight is 196 g/mol. The number of rotatable bonds is 4. The average Bonchev–Trinajstić information content (AvgIpc) is 1.63. The zero-order valence-corrected chi connectivity index (χ0v) is 9.36. The molecule has 0 heterocycles. The molecule has 0 aliphatic rings. The minimum Gasteiger partial charge on any atom is -1.00 e. The van der Waals surface area contributed by atoms with E-state index in [1.807, 2.05) is 0 Å². The summed E-state index contributed by atoms with van der Waals surface area (Å²) in [5.74, 6) is 0.537. The van der Waals surface area contributed by atoms with Crippen LogP contribution in [0.1, 0.15) is 7.85 Å². The van der Waals surface area contributed by atoms with Gasteiger partial charge in [-0.2, -0.15) is 21.0 Å². The van der Waals surface area contributed by atoms with E-state index in [4.69, 9.17) is 4.55 Å². The number of hydrogen-bond acceptors (Lipinski definition) is 4. The Morgan fingerprint density at radius 2 is 2.10 bits per heavy atom. The van der Waals surface area contributed by atoms with Gasteiger partial charge in [-0.3, -0.25) is 4.55 Å². The van der Waals surface area contributed by atoms with Crippen LogP contribution >= 0.6 is 12.6 Å². The van der Waals surface area contributed by atoms with Crippen molar-refractivity contribution >= 4 is 23.0 Å². The fourth-order valence-electron chi connectivity index (χ4n) is 0.229. The molecule has 0 aromatic rings. The molecule has 0 atom stereocenters. The number of thiol groups is 1. The molecule has 0 fully saturated rings. The van der Waals surface area contributed by atoms with Crippen molar-refractivity contribution in [2.45, 2.75) is 6.42 Å². The Kier molecular flexibility index (Phi) is 9.51. The van der Waals surface area contributed by atoms with Crippen LogP contribution in [0.15, 0.2) is 0 Å². The van der Waals surface area contributed by atoms with Gasteiger partial charge in [-0.15, -0.1) is 0 Å². The van der Waals surface area contributed by atoms with Gasteiger partial charge in [0.2, 0.25) is 0 Å². The summed E-state index contributed by atoms with van der Waals surface area (Å²) in [6.45, 7) is -0.0116. The van der Waals surface area contributed by atoms with Crippen molar-refractivity contribution in [1.82, 2.24) is 0 Å². The molecule has 0 unspecified atom stereocenters. The molecule has 0 aliphatic carbocycles. The van der Waals surface area contributed by atoms with E-state index >= 15 is 0 Å². The molecule has 0 spiro atoms. The van der Waals surface area contributed by atoms with Gasteiger partial charge in [-0.05, 0) is 12.2 Å². The Morgan fingerprint density at radius 3 is 2.40 bits per heavy atom. The molecule has 0 aliphatic heterocycles. The Hall–Kier alpha value is 1.22. The molecule has 0 aromatic heterocycles. The molecule has 0 radical (unpaired) electrons. The van der Waals surface area contributed by atoms with Gasteiger partial charge in [0.05, 0.1) is 6.61 Å². The molecule has 0 rings (SSSR count). The first-order valence-electron chi connectivity index (χ1n) is 2.29. The summed E-state index contributed by atoms with van der Waals surface area (Å²) in [5.41, 5.74) is 0. The van der Waals surface area contributed by atoms with Gasteiger partial charge in [0.15, 0.2) is 0 Å². The van der Waals surface area contributed by atoms with Crippen molar-refractivity contribution in [3.05, 3.63) is 0 Å². The first kappa shape index (κ1) is 13.8. The third-order valence-corrected chi connectivity index (χ3v) is 1.32. The smallest absolute Gasteiger partial charge is 1.00 e. The second-order valence-electron chi connectivity index (χ2n) is 1.33. The first-order valence-corrected chi connectivity index (χ1v) is 4.29. The third-order valence-electron chi connectivity index (χ3n) is 0.535. The van der Waals surface area contributed by atoms with Crippen molar-refractivity contribution in [3.63, 3.8) is 0 Å². The Morgan fingerprint density at radius 1 is 1.60 bits per heavy atom. The van der Waals surface area contributed by atoms with Gasteiger partial charge in [-0.25, -0.2) is 4.18 Å². The van der Waals surface area contributed by atoms with Crippen LogP contribution in [0.3, 0.4) is 0 Å². The maximum atomic E-state index is 9.81. The molecular weight excluding hydrogens is 187 g/mol. The van der Waals surface area contributed by atoms with E-state index in [2.05, 4.69) is 16.8 Å². The van der Waals surface area contributed by atoms with Crippen molar-refractivity contribution in [2.75, 3.05) is 12.4 Å². The van der Waals surface area contributed by atoms with E-state index in [-0.39, 0.29) is 37.6 Å². The SMILES string of the molecule is O=S(=O)(O)OCCCS.[H-].[Na+]. The van der Waals surface area contributed by atoms with Crippen LogP contribution in [-0.4, -0.2) is 25.3 Å². The molecular formula is C3H9NaO4S2. The van der Waals surface area contributed by atoms with E-state index in [1.165, 1.54) is 0 Å². The van der Waals surface area contributed by atoms with Crippen molar-refractivity contribution in [3.8, 4) is 0 Å². The van der Waals surface area contributed by atoms with Crippen LogP contribution in [0.4, 0.5) is 0 Å². The molecule has 7 heteroatoms. The Bertz CT molecular complexity index is 159. The van der Waals surface area contributed by atoms with Gasteiger partial charge in [0.1, 0.15) is 0 Å². The predicted octanol–water partition coefficient (Wildman–Crippen LogP) is -2.76. The standard InChI is InChI=1S/C3H8O4S2.Na.H/c4-9(5,6)7-2-1-3-8;;/h8H,1-3H2,(H,4,5,6);;/q;+1;-1. The van der Waals surface area contributed by atoms with E-state index in [9.17, 15) is 8.42 Å². The fourth-order valence-corrected chi connectivity index (χ4v) is 0.686. The van der Waals surface area contributed by atoms with Gasteiger partial charge in [-0.1, -0.05) is 0 Å². The van der Waals surface area contributed by atoms with Gasteiger partial charge in [0, 0.05) is 0 Å². The van der Waals surface area contributed by atoms with Crippen molar-refractivity contribution in [2.24, 2.45) is 0 Å². The van der Waals surface area contributed by atoms with Crippen LogP contribution in [0.2, 0.25) is 0 Å². The largest absolute Gasteiger partial charge is 1.00 e. The van der Waals surface area contributed by atoms with E-state index in [1.54, 1.807) is 0 Å². The molecule has 0 aromatic carbocycles. The molecule has 4 nitrogen and oxygen atoms in total. The summed E-state index contributed by atoms with van der Waals surface area (Å²) in [4.78, 5) is 0. The maximum absolute atomic E-state index is 9.81. The van der Waals surface area contributed by atoms with Crippen LogP contribution in [0, 0.1) is 0 Å². The predicted molar refractivity (Wildman–Crippen MR) is 37.1 cm³/mol. The molecule has 0 bridgehead atoms. The molecule has 1 N–H and O–H groups in total. The Labute approximate surface area is 89.5 Å². The van der Waals surface area contributed by atoms with E-state index in [0.717, 1.165) is 0 Å². The maximum Gasteiger partial charge on any atom is 1.00 e. The van der Waals surface area contributed by atoms with Crippen LogP contribution in [0.5, 0.6) is 0 Å². The molecule has 0 saturated carbocycles. The molecule has 10 heavy (non-hydrogen) atoms.